The van der Waals surface area contributed by atoms with Crippen molar-refractivity contribution in [2.75, 3.05) is 0 Å². The SMILES string of the molecule is O=C(CC1CCC1)c1c[nH]c2cc(Cl)ccc12. The molecule has 2 nitrogen and oxygen atoms in total. The minimum Gasteiger partial charge on any atom is -0.360 e. The number of aromatic amines is 1. The van der Waals surface area contributed by atoms with Gasteiger partial charge in [-0.2, -0.15) is 0 Å². The van der Waals surface area contributed by atoms with Crippen LogP contribution in [0.15, 0.2) is 24.4 Å². The lowest BCUT2D eigenvalue weighted by Gasteiger charge is -2.24. The highest BCUT2D eigenvalue weighted by Crippen LogP contribution is 2.32. The molecular weight excluding hydrogens is 234 g/mol. The van der Waals surface area contributed by atoms with Crippen LogP contribution in [0.2, 0.25) is 5.02 Å². The molecule has 0 atom stereocenters. The van der Waals surface area contributed by atoms with Crippen LogP contribution < -0.4 is 0 Å². The van der Waals surface area contributed by atoms with E-state index in [1.54, 1.807) is 0 Å². The van der Waals surface area contributed by atoms with Crippen molar-refractivity contribution < 1.29 is 4.79 Å². The Morgan fingerprint density at radius 1 is 1.41 bits per heavy atom. The summed E-state index contributed by atoms with van der Waals surface area (Å²) in [5.41, 5.74) is 1.75. The molecule has 1 aliphatic rings. The first-order valence-electron chi connectivity index (χ1n) is 6.04. The molecule has 2 aromatic rings. The number of hydrogen-bond donors (Lipinski definition) is 1. The van der Waals surface area contributed by atoms with E-state index in [0.29, 0.717) is 17.4 Å². The molecule has 0 spiro atoms. The Morgan fingerprint density at radius 3 is 2.94 bits per heavy atom. The predicted octanol–water partition coefficient (Wildman–Crippen LogP) is 4.19. The molecule has 0 radical (unpaired) electrons. The molecule has 0 bridgehead atoms. The number of ketones is 1. The molecule has 1 saturated carbocycles. The summed E-state index contributed by atoms with van der Waals surface area (Å²) >= 11 is 5.92. The quantitative estimate of drug-likeness (QED) is 0.811. The second-order valence-electron chi connectivity index (χ2n) is 4.82. The Kier molecular flexibility index (Phi) is 2.67. The minimum atomic E-state index is 0.253. The van der Waals surface area contributed by atoms with E-state index in [4.69, 9.17) is 11.6 Å². The fraction of sp³-hybridized carbons (Fsp3) is 0.357. The molecule has 1 fully saturated rings. The van der Waals surface area contributed by atoms with Gasteiger partial charge in [-0.25, -0.2) is 0 Å². The van der Waals surface area contributed by atoms with E-state index in [1.807, 2.05) is 24.4 Å². The van der Waals surface area contributed by atoms with E-state index in [-0.39, 0.29) is 5.78 Å². The Labute approximate surface area is 105 Å². The van der Waals surface area contributed by atoms with E-state index < -0.39 is 0 Å². The Hall–Kier alpha value is -1.28. The summed E-state index contributed by atoms with van der Waals surface area (Å²) in [5, 5.41) is 1.68. The zero-order valence-electron chi connectivity index (χ0n) is 9.50. The summed E-state index contributed by atoms with van der Waals surface area (Å²) in [6, 6.07) is 5.61. The fourth-order valence-corrected chi connectivity index (χ4v) is 2.57. The Balaban J connectivity index is 1.91. The predicted molar refractivity (Wildman–Crippen MR) is 69.6 cm³/mol. The third kappa shape index (κ3) is 1.98. The van der Waals surface area contributed by atoms with Crippen LogP contribution in [0.1, 0.15) is 36.0 Å². The van der Waals surface area contributed by atoms with Gasteiger partial charge in [-0.1, -0.05) is 36.9 Å². The number of fused-ring (bicyclic) bond motifs is 1. The highest BCUT2D eigenvalue weighted by molar-refractivity contribution is 6.31. The molecule has 1 aromatic heterocycles. The maximum Gasteiger partial charge on any atom is 0.165 e. The highest BCUT2D eigenvalue weighted by Gasteiger charge is 2.22. The van der Waals surface area contributed by atoms with Gasteiger partial charge in [0.2, 0.25) is 0 Å². The Morgan fingerprint density at radius 2 is 2.24 bits per heavy atom. The molecule has 1 N–H and O–H groups in total. The van der Waals surface area contributed by atoms with Gasteiger partial charge >= 0.3 is 0 Å². The second kappa shape index (κ2) is 4.19. The van der Waals surface area contributed by atoms with Crippen molar-refractivity contribution in [1.29, 1.82) is 0 Å². The van der Waals surface area contributed by atoms with Crippen molar-refractivity contribution in [1.82, 2.24) is 4.98 Å². The molecule has 0 unspecified atom stereocenters. The number of hydrogen-bond acceptors (Lipinski definition) is 1. The summed E-state index contributed by atoms with van der Waals surface area (Å²) < 4.78 is 0. The van der Waals surface area contributed by atoms with E-state index >= 15 is 0 Å². The topological polar surface area (TPSA) is 32.9 Å². The minimum absolute atomic E-state index is 0.253. The number of carbonyl (C=O) groups is 1. The van der Waals surface area contributed by atoms with Crippen LogP contribution in [-0.2, 0) is 0 Å². The molecule has 1 heterocycles. The summed E-state index contributed by atoms with van der Waals surface area (Å²) in [6.45, 7) is 0. The van der Waals surface area contributed by atoms with Gasteiger partial charge in [-0.3, -0.25) is 4.79 Å². The molecule has 0 saturated heterocycles. The highest BCUT2D eigenvalue weighted by atomic mass is 35.5. The van der Waals surface area contributed by atoms with Gasteiger partial charge in [0.15, 0.2) is 5.78 Å². The van der Waals surface area contributed by atoms with Crippen molar-refractivity contribution in [3.05, 3.63) is 35.0 Å². The van der Waals surface area contributed by atoms with Crippen LogP contribution in [-0.4, -0.2) is 10.8 Å². The normalized spacial score (nSPS) is 16.1. The van der Waals surface area contributed by atoms with Crippen LogP contribution in [0.5, 0.6) is 0 Å². The number of rotatable bonds is 3. The largest absolute Gasteiger partial charge is 0.360 e. The molecule has 1 aromatic carbocycles. The first-order chi connectivity index (χ1) is 8.24. The average molecular weight is 248 g/mol. The first-order valence-corrected chi connectivity index (χ1v) is 6.41. The first kappa shape index (κ1) is 10.8. The number of H-pyrrole nitrogens is 1. The van der Waals surface area contributed by atoms with E-state index in [0.717, 1.165) is 16.5 Å². The monoisotopic (exact) mass is 247 g/mol. The van der Waals surface area contributed by atoms with Crippen LogP contribution in [0.25, 0.3) is 10.9 Å². The number of nitrogens with one attached hydrogen (secondary N) is 1. The number of aromatic nitrogens is 1. The average Bonchev–Trinajstić information content (AvgIpc) is 2.66. The molecule has 0 amide bonds. The van der Waals surface area contributed by atoms with Crippen LogP contribution >= 0.6 is 11.6 Å². The summed E-state index contributed by atoms with van der Waals surface area (Å²) in [6.07, 6.45) is 6.19. The maximum atomic E-state index is 12.2. The van der Waals surface area contributed by atoms with E-state index in [1.165, 1.54) is 19.3 Å². The van der Waals surface area contributed by atoms with Crippen LogP contribution in [0, 0.1) is 5.92 Å². The smallest absolute Gasteiger partial charge is 0.165 e. The van der Waals surface area contributed by atoms with Gasteiger partial charge in [0.1, 0.15) is 0 Å². The number of benzene rings is 1. The van der Waals surface area contributed by atoms with Crippen LogP contribution in [0.4, 0.5) is 0 Å². The standard InChI is InChI=1S/C14H14ClNO/c15-10-4-5-11-12(8-16-13(11)7-10)14(17)6-9-2-1-3-9/h4-5,7-9,16H,1-3,6H2. The molecule has 1 aliphatic carbocycles. The van der Waals surface area contributed by atoms with Gasteiger partial charge in [0, 0.05) is 34.1 Å². The molecule has 3 rings (SSSR count). The van der Waals surface area contributed by atoms with Crippen molar-refractivity contribution in [2.45, 2.75) is 25.7 Å². The zero-order chi connectivity index (χ0) is 11.8. The van der Waals surface area contributed by atoms with Gasteiger partial charge < -0.3 is 4.98 Å². The van der Waals surface area contributed by atoms with Gasteiger partial charge in [0.05, 0.1) is 0 Å². The lowest BCUT2D eigenvalue weighted by molar-refractivity contribution is 0.0938. The maximum absolute atomic E-state index is 12.2. The summed E-state index contributed by atoms with van der Waals surface area (Å²) in [5.74, 6) is 0.864. The lowest BCUT2D eigenvalue weighted by Crippen LogP contribution is -2.15. The molecule has 17 heavy (non-hydrogen) atoms. The molecule has 3 heteroatoms. The van der Waals surface area contributed by atoms with E-state index in [2.05, 4.69) is 4.98 Å². The number of carbonyl (C=O) groups excluding carboxylic acids is 1. The molecule has 88 valence electrons. The van der Waals surface area contributed by atoms with E-state index in [9.17, 15) is 4.79 Å². The molecule has 0 aliphatic heterocycles. The van der Waals surface area contributed by atoms with Gasteiger partial charge in [-0.15, -0.1) is 0 Å². The fourth-order valence-electron chi connectivity index (χ4n) is 2.40. The van der Waals surface area contributed by atoms with Gasteiger partial charge in [-0.05, 0) is 18.1 Å². The Bertz CT molecular complexity index is 569. The summed E-state index contributed by atoms with van der Waals surface area (Å²) in [7, 11) is 0. The number of halogens is 1. The molecular formula is C14H14ClNO. The van der Waals surface area contributed by atoms with Crippen LogP contribution in [0.3, 0.4) is 0 Å². The second-order valence-corrected chi connectivity index (χ2v) is 5.25. The van der Waals surface area contributed by atoms with Crippen molar-refractivity contribution >= 4 is 28.3 Å². The van der Waals surface area contributed by atoms with Crippen molar-refractivity contribution in [3.63, 3.8) is 0 Å². The van der Waals surface area contributed by atoms with Crippen molar-refractivity contribution in [3.8, 4) is 0 Å². The zero-order valence-corrected chi connectivity index (χ0v) is 10.3. The lowest BCUT2D eigenvalue weighted by atomic mass is 9.81. The summed E-state index contributed by atoms with van der Waals surface area (Å²) in [4.78, 5) is 15.3. The third-order valence-corrected chi connectivity index (χ3v) is 3.88. The number of Topliss-reactive ketones (excluding diaryl/α,β-unsaturated/α-hetero) is 1. The van der Waals surface area contributed by atoms with Gasteiger partial charge in [0.25, 0.3) is 0 Å². The third-order valence-electron chi connectivity index (χ3n) is 3.64. The van der Waals surface area contributed by atoms with Crippen molar-refractivity contribution in [2.24, 2.45) is 5.92 Å².